The summed E-state index contributed by atoms with van der Waals surface area (Å²) in [7, 11) is 0. The van der Waals surface area contributed by atoms with Gasteiger partial charge in [0.25, 0.3) is 0 Å². The van der Waals surface area contributed by atoms with E-state index in [0.29, 0.717) is 31.9 Å². The second-order valence-corrected chi connectivity index (χ2v) is 5.55. The van der Waals surface area contributed by atoms with Crippen molar-refractivity contribution in [3.63, 3.8) is 0 Å². The van der Waals surface area contributed by atoms with Crippen molar-refractivity contribution in [2.24, 2.45) is 5.73 Å². The van der Waals surface area contributed by atoms with Gasteiger partial charge in [-0.05, 0) is 44.9 Å². The number of hydrogen-bond donors (Lipinski definition) is 2. The largest absolute Gasteiger partial charge is 0.376 e. The van der Waals surface area contributed by atoms with Crippen LogP contribution in [-0.2, 0) is 14.3 Å². The average molecular weight is 270 g/mol. The molecule has 5 heteroatoms. The summed E-state index contributed by atoms with van der Waals surface area (Å²) < 4.78 is 11.2. The molecule has 1 aliphatic carbocycles. The molecule has 2 aliphatic rings. The molecule has 5 nitrogen and oxygen atoms in total. The monoisotopic (exact) mass is 270 g/mol. The molecule has 0 aromatic heterocycles. The number of carbonyl (C=O) groups is 1. The molecule has 1 amide bonds. The van der Waals surface area contributed by atoms with Gasteiger partial charge in [0.15, 0.2) is 0 Å². The van der Waals surface area contributed by atoms with Crippen molar-refractivity contribution in [3.05, 3.63) is 0 Å². The van der Waals surface area contributed by atoms with Crippen molar-refractivity contribution < 1.29 is 14.3 Å². The molecule has 0 aromatic rings. The maximum absolute atomic E-state index is 11.8. The Morgan fingerprint density at radius 2 is 2.00 bits per heavy atom. The normalized spacial score (nSPS) is 31.9. The average Bonchev–Trinajstić information content (AvgIpc) is 2.46. The number of ether oxygens (including phenoxy) is 2. The van der Waals surface area contributed by atoms with Crippen LogP contribution in [-0.4, -0.2) is 43.9 Å². The van der Waals surface area contributed by atoms with Gasteiger partial charge in [-0.25, -0.2) is 0 Å². The lowest BCUT2D eigenvalue weighted by molar-refractivity contribution is -0.135. The second kappa shape index (κ2) is 7.82. The Hall–Kier alpha value is -0.650. The first-order chi connectivity index (χ1) is 9.25. The Morgan fingerprint density at radius 3 is 2.68 bits per heavy atom. The summed E-state index contributed by atoms with van der Waals surface area (Å²) in [5.74, 6) is 0.00830. The van der Waals surface area contributed by atoms with Gasteiger partial charge in [-0.1, -0.05) is 0 Å². The van der Waals surface area contributed by atoms with Gasteiger partial charge in [0.1, 0.15) is 6.10 Å². The highest BCUT2D eigenvalue weighted by atomic mass is 16.5. The number of nitrogens with two attached hydrogens (primary N) is 1. The first kappa shape index (κ1) is 14.8. The number of nitrogens with one attached hydrogen (secondary N) is 1. The molecule has 1 unspecified atom stereocenters. The van der Waals surface area contributed by atoms with Crippen molar-refractivity contribution in [2.45, 2.75) is 63.2 Å². The smallest absolute Gasteiger partial charge is 0.249 e. The fourth-order valence-corrected chi connectivity index (χ4v) is 2.72. The standard InChI is InChI=1S/C14H26N2O3/c15-11-4-6-12(7-5-11)18-10-8-16-14(17)13-3-1-2-9-19-13/h11-13H,1-10,15H2,(H,16,17). The predicted octanol–water partition coefficient (Wildman–Crippen LogP) is 0.958. The van der Waals surface area contributed by atoms with Crippen LogP contribution < -0.4 is 11.1 Å². The lowest BCUT2D eigenvalue weighted by Gasteiger charge is -2.26. The minimum absolute atomic E-state index is 0.00830. The molecule has 0 spiro atoms. The molecule has 110 valence electrons. The molecule has 2 rings (SSSR count). The topological polar surface area (TPSA) is 73.6 Å². The Labute approximate surface area is 115 Å². The van der Waals surface area contributed by atoms with E-state index >= 15 is 0 Å². The molecule has 2 fully saturated rings. The van der Waals surface area contributed by atoms with Crippen LogP contribution in [0.25, 0.3) is 0 Å². The molecule has 1 saturated carbocycles. The summed E-state index contributed by atoms with van der Waals surface area (Å²) in [6.07, 6.45) is 7.24. The van der Waals surface area contributed by atoms with Gasteiger partial charge in [0, 0.05) is 19.2 Å². The van der Waals surface area contributed by atoms with Gasteiger partial charge >= 0.3 is 0 Å². The van der Waals surface area contributed by atoms with Crippen LogP contribution in [0.15, 0.2) is 0 Å². The molecule has 0 aromatic carbocycles. The molecule has 1 aliphatic heterocycles. The number of hydrogen-bond acceptors (Lipinski definition) is 4. The molecule has 19 heavy (non-hydrogen) atoms. The summed E-state index contributed by atoms with van der Waals surface area (Å²) in [5, 5.41) is 2.89. The Balaban J connectivity index is 1.52. The third-order valence-corrected chi connectivity index (χ3v) is 3.95. The van der Waals surface area contributed by atoms with Crippen LogP contribution in [0.2, 0.25) is 0 Å². The van der Waals surface area contributed by atoms with Gasteiger partial charge in [0.2, 0.25) is 5.91 Å². The van der Waals surface area contributed by atoms with Crippen molar-refractivity contribution >= 4 is 5.91 Å². The third-order valence-electron chi connectivity index (χ3n) is 3.95. The van der Waals surface area contributed by atoms with E-state index in [1.807, 2.05) is 0 Å². The molecule has 0 radical (unpaired) electrons. The zero-order chi connectivity index (χ0) is 13.5. The van der Waals surface area contributed by atoms with E-state index < -0.39 is 0 Å². The quantitative estimate of drug-likeness (QED) is 0.730. The second-order valence-electron chi connectivity index (χ2n) is 5.55. The Bertz CT molecular complexity index is 272. The van der Waals surface area contributed by atoms with Crippen molar-refractivity contribution in [1.82, 2.24) is 5.32 Å². The fraction of sp³-hybridized carbons (Fsp3) is 0.929. The molecular weight excluding hydrogens is 244 g/mol. The summed E-state index contributed by atoms with van der Waals surface area (Å²) in [4.78, 5) is 11.8. The maximum Gasteiger partial charge on any atom is 0.249 e. The van der Waals surface area contributed by atoms with Gasteiger partial charge in [0.05, 0.1) is 12.7 Å². The molecule has 1 atom stereocenters. The van der Waals surface area contributed by atoms with E-state index in [9.17, 15) is 4.79 Å². The van der Waals surface area contributed by atoms with Crippen LogP contribution in [0.5, 0.6) is 0 Å². The minimum Gasteiger partial charge on any atom is -0.376 e. The fourth-order valence-electron chi connectivity index (χ4n) is 2.72. The lowest BCUT2D eigenvalue weighted by atomic mass is 9.94. The number of rotatable bonds is 5. The van der Waals surface area contributed by atoms with Gasteiger partial charge < -0.3 is 20.5 Å². The zero-order valence-corrected chi connectivity index (χ0v) is 11.6. The highest BCUT2D eigenvalue weighted by Gasteiger charge is 2.22. The summed E-state index contributed by atoms with van der Waals surface area (Å²) >= 11 is 0. The van der Waals surface area contributed by atoms with Gasteiger partial charge in [-0.3, -0.25) is 4.79 Å². The number of amides is 1. The van der Waals surface area contributed by atoms with Crippen LogP contribution in [0.4, 0.5) is 0 Å². The Morgan fingerprint density at radius 1 is 1.21 bits per heavy atom. The summed E-state index contributed by atoms with van der Waals surface area (Å²) in [6, 6.07) is 0.350. The summed E-state index contributed by atoms with van der Waals surface area (Å²) in [6.45, 7) is 1.86. The lowest BCUT2D eigenvalue weighted by Crippen LogP contribution is -2.40. The van der Waals surface area contributed by atoms with E-state index in [1.165, 1.54) is 0 Å². The van der Waals surface area contributed by atoms with E-state index in [1.54, 1.807) is 0 Å². The van der Waals surface area contributed by atoms with Crippen molar-refractivity contribution in [1.29, 1.82) is 0 Å². The SMILES string of the molecule is NC1CCC(OCCNC(=O)C2CCCCO2)CC1. The third kappa shape index (κ3) is 5.09. The molecule has 1 heterocycles. The Kier molecular flexibility index (Phi) is 6.07. The zero-order valence-electron chi connectivity index (χ0n) is 11.6. The van der Waals surface area contributed by atoms with Crippen molar-refractivity contribution in [2.75, 3.05) is 19.8 Å². The molecule has 0 bridgehead atoms. The molecule has 1 saturated heterocycles. The maximum atomic E-state index is 11.8. The van der Waals surface area contributed by atoms with E-state index in [-0.39, 0.29) is 12.0 Å². The predicted molar refractivity (Wildman–Crippen MR) is 72.8 cm³/mol. The minimum atomic E-state index is -0.249. The van der Waals surface area contributed by atoms with E-state index in [4.69, 9.17) is 15.2 Å². The molecular formula is C14H26N2O3. The number of carbonyl (C=O) groups excluding carboxylic acids is 1. The van der Waals surface area contributed by atoms with E-state index in [0.717, 1.165) is 44.9 Å². The highest BCUT2D eigenvalue weighted by Crippen LogP contribution is 2.19. The van der Waals surface area contributed by atoms with Crippen LogP contribution >= 0.6 is 0 Å². The van der Waals surface area contributed by atoms with Crippen LogP contribution in [0.3, 0.4) is 0 Å². The summed E-state index contributed by atoms with van der Waals surface area (Å²) in [5.41, 5.74) is 5.85. The molecule has 3 N–H and O–H groups in total. The van der Waals surface area contributed by atoms with Gasteiger partial charge in [-0.15, -0.1) is 0 Å². The first-order valence-electron chi connectivity index (χ1n) is 7.52. The van der Waals surface area contributed by atoms with Crippen LogP contribution in [0.1, 0.15) is 44.9 Å². The van der Waals surface area contributed by atoms with Crippen molar-refractivity contribution in [3.8, 4) is 0 Å². The first-order valence-corrected chi connectivity index (χ1v) is 7.52. The van der Waals surface area contributed by atoms with Crippen LogP contribution in [0, 0.1) is 0 Å². The highest BCUT2D eigenvalue weighted by molar-refractivity contribution is 5.80. The van der Waals surface area contributed by atoms with E-state index in [2.05, 4.69) is 5.32 Å². The van der Waals surface area contributed by atoms with Gasteiger partial charge in [-0.2, -0.15) is 0 Å².